The maximum absolute atomic E-state index is 10.9. The van der Waals surface area contributed by atoms with Gasteiger partial charge in [-0.3, -0.25) is 0 Å². The zero-order valence-corrected chi connectivity index (χ0v) is 11.7. The second kappa shape index (κ2) is 5.32. The van der Waals surface area contributed by atoms with E-state index in [0.717, 1.165) is 21.8 Å². The molecule has 0 spiro atoms. The molecule has 1 heterocycles. The van der Waals surface area contributed by atoms with E-state index < -0.39 is 5.97 Å². The van der Waals surface area contributed by atoms with Crippen molar-refractivity contribution in [2.75, 3.05) is 14.2 Å². The largest absolute Gasteiger partial charge is 0.496 e. The third-order valence-electron chi connectivity index (χ3n) is 2.83. The molecule has 0 saturated carbocycles. The molecule has 1 aromatic carbocycles. The van der Waals surface area contributed by atoms with Gasteiger partial charge in [0.2, 0.25) is 0 Å². The Labute approximate surface area is 115 Å². The highest BCUT2D eigenvalue weighted by molar-refractivity contribution is 7.13. The second-order valence-electron chi connectivity index (χ2n) is 4.03. The second-order valence-corrected chi connectivity index (χ2v) is 4.94. The summed E-state index contributed by atoms with van der Waals surface area (Å²) >= 11 is 1.37. The van der Waals surface area contributed by atoms with Gasteiger partial charge in [-0.25, -0.2) is 4.79 Å². The quantitative estimate of drug-likeness (QED) is 0.930. The monoisotopic (exact) mass is 278 g/mol. The SMILES string of the molecule is COc1cc(-c2cc(C(=O)O)cs2)c(OC)cc1C. The van der Waals surface area contributed by atoms with Gasteiger partial charge in [0.05, 0.1) is 19.8 Å². The Hall–Kier alpha value is -2.01. The molecule has 5 heteroatoms. The van der Waals surface area contributed by atoms with Crippen LogP contribution in [0.15, 0.2) is 23.6 Å². The first kappa shape index (κ1) is 13.4. The van der Waals surface area contributed by atoms with E-state index in [1.54, 1.807) is 25.7 Å². The normalized spacial score (nSPS) is 10.3. The predicted octanol–water partition coefficient (Wildman–Crippen LogP) is 3.44. The molecule has 0 amide bonds. The average molecular weight is 278 g/mol. The van der Waals surface area contributed by atoms with E-state index in [9.17, 15) is 4.79 Å². The number of hydrogen-bond acceptors (Lipinski definition) is 4. The van der Waals surface area contributed by atoms with Crippen molar-refractivity contribution in [1.82, 2.24) is 0 Å². The van der Waals surface area contributed by atoms with Crippen molar-refractivity contribution in [1.29, 1.82) is 0 Å². The number of carbonyl (C=O) groups is 1. The van der Waals surface area contributed by atoms with E-state index in [1.165, 1.54) is 11.3 Å². The van der Waals surface area contributed by atoms with E-state index in [4.69, 9.17) is 14.6 Å². The summed E-state index contributed by atoms with van der Waals surface area (Å²) in [6.07, 6.45) is 0. The van der Waals surface area contributed by atoms with Gasteiger partial charge in [-0.15, -0.1) is 11.3 Å². The molecule has 19 heavy (non-hydrogen) atoms. The lowest BCUT2D eigenvalue weighted by molar-refractivity contribution is 0.0697. The minimum atomic E-state index is -0.930. The molecule has 2 aromatic rings. The first-order valence-corrected chi connectivity index (χ1v) is 6.49. The molecule has 100 valence electrons. The lowest BCUT2D eigenvalue weighted by Gasteiger charge is -2.11. The highest BCUT2D eigenvalue weighted by Crippen LogP contribution is 2.38. The van der Waals surface area contributed by atoms with Crippen molar-refractivity contribution >= 4 is 17.3 Å². The van der Waals surface area contributed by atoms with Gasteiger partial charge in [0.25, 0.3) is 0 Å². The summed E-state index contributed by atoms with van der Waals surface area (Å²) in [5.74, 6) is 0.527. The summed E-state index contributed by atoms with van der Waals surface area (Å²) in [6.45, 7) is 1.93. The first-order valence-electron chi connectivity index (χ1n) is 5.61. The third-order valence-corrected chi connectivity index (χ3v) is 3.79. The van der Waals surface area contributed by atoms with Gasteiger partial charge in [0.1, 0.15) is 11.5 Å². The topological polar surface area (TPSA) is 55.8 Å². The van der Waals surface area contributed by atoms with Crippen molar-refractivity contribution in [2.24, 2.45) is 0 Å². The van der Waals surface area contributed by atoms with Crippen LogP contribution >= 0.6 is 11.3 Å². The van der Waals surface area contributed by atoms with Crippen molar-refractivity contribution in [2.45, 2.75) is 6.92 Å². The summed E-state index contributed by atoms with van der Waals surface area (Å²) in [6, 6.07) is 5.39. The van der Waals surface area contributed by atoms with Gasteiger partial charge in [0, 0.05) is 15.8 Å². The van der Waals surface area contributed by atoms with Crippen LogP contribution in [0.3, 0.4) is 0 Å². The van der Waals surface area contributed by atoms with E-state index in [2.05, 4.69) is 0 Å². The first-order chi connectivity index (χ1) is 9.06. The Morgan fingerprint density at radius 1 is 1.16 bits per heavy atom. The number of methoxy groups -OCH3 is 2. The summed E-state index contributed by atoms with van der Waals surface area (Å²) in [7, 11) is 3.20. The van der Waals surface area contributed by atoms with Crippen LogP contribution in [-0.2, 0) is 0 Å². The molecule has 0 aliphatic heterocycles. The molecule has 0 aliphatic carbocycles. The van der Waals surface area contributed by atoms with Crippen molar-refractivity contribution < 1.29 is 19.4 Å². The van der Waals surface area contributed by atoms with Crippen molar-refractivity contribution in [3.05, 3.63) is 34.7 Å². The Morgan fingerprint density at radius 2 is 1.84 bits per heavy atom. The number of ether oxygens (including phenoxy) is 2. The molecule has 0 atom stereocenters. The molecule has 1 N–H and O–H groups in total. The fourth-order valence-corrected chi connectivity index (χ4v) is 2.74. The maximum Gasteiger partial charge on any atom is 0.336 e. The molecule has 0 fully saturated rings. The van der Waals surface area contributed by atoms with Crippen LogP contribution in [0.5, 0.6) is 11.5 Å². The van der Waals surface area contributed by atoms with E-state index in [-0.39, 0.29) is 5.56 Å². The minimum Gasteiger partial charge on any atom is -0.496 e. The van der Waals surface area contributed by atoms with E-state index >= 15 is 0 Å². The van der Waals surface area contributed by atoms with Gasteiger partial charge in [-0.05, 0) is 30.7 Å². The molecule has 1 aromatic heterocycles. The van der Waals surface area contributed by atoms with Crippen LogP contribution in [0.25, 0.3) is 10.4 Å². The number of rotatable bonds is 4. The summed E-state index contributed by atoms with van der Waals surface area (Å²) in [4.78, 5) is 11.8. The number of carboxylic acids is 1. The summed E-state index contributed by atoms with van der Waals surface area (Å²) in [5, 5.41) is 10.6. The Morgan fingerprint density at radius 3 is 2.37 bits per heavy atom. The fraction of sp³-hybridized carbons (Fsp3) is 0.214. The molecule has 0 bridgehead atoms. The highest BCUT2D eigenvalue weighted by atomic mass is 32.1. The molecule has 0 unspecified atom stereocenters. The van der Waals surface area contributed by atoms with E-state index in [1.807, 2.05) is 19.1 Å². The molecule has 0 aliphatic rings. The number of thiophene rings is 1. The molecular formula is C14H14O4S. The number of aryl methyl sites for hydroxylation is 1. The molecule has 0 saturated heterocycles. The number of aromatic carboxylic acids is 1. The molecule has 4 nitrogen and oxygen atoms in total. The standard InChI is InChI=1S/C14H14O4S/c1-8-4-12(18-3)10(6-11(8)17-2)13-5-9(7-19-13)14(15)16/h4-7H,1-3H3,(H,15,16). The zero-order chi connectivity index (χ0) is 14.0. The van der Waals surface area contributed by atoms with Crippen LogP contribution in [0.2, 0.25) is 0 Å². The Bertz CT molecular complexity index is 616. The summed E-state index contributed by atoms with van der Waals surface area (Å²) < 4.78 is 10.6. The van der Waals surface area contributed by atoms with E-state index in [0.29, 0.717) is 5.75 Å². The number of benzene rings is 1. The van der Waals surface area contributed by atoms with Crippen LogP contribution < -0.4 is 9.47 Å². The van der Waals surface area contributed by atoms with Gasteiger partial charge < -0.3 is 14.6 Å². The molecule has 0 radical (unpaired) electrons. The lowest BCUT2D eigenvalue weighted by atomic mass is 10.1. The van der Waals surface area contributed by atoms with Gasteiger partial charge in [-0.2, -0.15) is 0 Å². The van der Waals surface area contributed by atoms with Crippen LogP contribution in [0.1, 0.15) is 15.9 Å². The van der Waals surface area contributed by atoms with Crippen LogP contribution in [0, 0.1) is 6.92 Å². The lowest BCUT2D eigenvalue weighted by Crippen LogP contribution is -1.93. The number of hydrogen-bond donors (Lipinski definition) is 1. The van der Waals surface area contributed by atoms with Gasteiger partial charge >= 0.3 is 5.97 Å². The highest BCUT2D eigenvalue weighted by Gasteiger charge is 2.14. The molecule has 2 rings (SSSR count). The smallest absolute Gasteiger partial charge is 0.336 e. The third kappa shape index (κ3) is 2.56. The molecular weight excluding hydrogens is 264 g/mol. The van der Waals surface area contributed by atoms with Crippen LogP contribution in [0.4, 0.5) is 0 Å². The van der Waals surface area contributed by atoms with Gasteiger partial charge in [-0.1, -0.05) is 0 Å². The van der Waals surface area contributed by atoms with Gasteiger partial charge in [0.15, 0.2) is 0 Å². The Balaban J connectivity index is 2.55. The Kier molecular flexibility index (Phi) is 3.76. The maximum atomic E-state index is 10.9. The summed E-state index contributed by atoms with van der Waals surface area (Å²) in [5.41, 5.74) is 2.09. The fourth-order valence-electron chi connectivity index (χ4n) is 1.83. The number of carboxylic acid groups (broad SMARTS) is 1. The zero-order valence-electron chi connectivity index (χ0n) is 10.9. The van der Waals surface area contributed by atoms with Crippen molar-refractivity contribution in [3.8, 4) is 21.9 Å². The average Bonchev–Trinajstić information content (AvgIpc) is 2.88. The predicted molar refractivity (Wildman–Crippen MR) is 74.6 cm³/mol. The van der Waals surface area contributed by atoms with Crippen molar-refractivity contribution in [3.63, 3.8) is 0 Å². The van der Waals surface area contributed by atoms with Crippen LogP contribution in [-0.4, -0.2) is 25.3 Å². The minimum absolute atomic E-state index is 0.279.